The molecule has 0 spiro atoms. The molecule has 5 nitrogen and oxygen atoms in total. The maximum atomic E-state index is 12.7. The van der Waals surface area contributed by atoms with E-state index in [1.165, 1.54) is 0 Å². The fourth-order valence-corrected chi connectivity index (χ4v) is 3.94. The lowest BCUT2D eigenvalue weighted by molar-refractivity contribution is -0.136. The number of halogens is 3. The predicted octanol–water partition coefficient (Wildman–Crippen LogP) is 2.72. The van der Waals surface area contributed by atoms with Gasteiger partial charge in [0.1, 0.15) is 0 Å². The van der Waals surface area contributed by atoms with Gasteiger partial charge in [-0.25, -0.2) is 0 Å². The Kier molecular flexibility index (Phi) is 6.37. The molecule has 0 bridgehead atoms. The van der Waals surface area contributed by atoms with E-state index in [0.29, 0.717) is 28.8 Å². The molecule has 2 aliphatic heterocycles. The first-order valence-electron chi connectivity index (χ1n) is 7.76. The second-order valence-electron chi connectivity index (χ2n) is 6.10. The van der Waals surface area contributed by atoms with Gasteiger partial charge in [0.25, 0.3) is 0 Å². The molecular formula is C16H20Cl3N3O2. The van der Waals surface area contributed by atoms with Crippen molar-refractivity contribution in [3.63, 3.8) is 0 Å². The van der Waals surface area contributed by atoms with Crippen LogP contribution in [0.5, 0.6) is 0 Å². The summed E-state index contributed by atoms with van der Waals surface area (Å²) in [7, 11) is 0. The summed E-state index contributed by atoms with van der Waals surface area (Å²) in [6.07, 6.45) is 2.13. The van der Waals surface area contributed by atoms with Crippen LogP contribution in [0.2, 0.25) is 10.0 Å². The van der Waals surface area contributed by atoms with Crippen LogP contribution in [-0.4, -0.2) is 42.4 Å². The first-order valence-corrected chi connectivity index (χ1v) is 8.52. The number of nitrogens with two attached hydrogens (primary N) is 1. The topological polar surface area (TPSA) is 66.6 Å². The Balaban J connectivity index is 0.00000208. The van der Waals surface area contributed by atoms with Crippen molar-refractivity contribution >= 4 is 53.1 Å². The van der Waals surface area contributed by atoms with E-state index >= 15 is 0 Å². The molecule has 0 aliphatic carbocycles. The van der Waals surface area contributed by atoms with Crippen molar-refractivity contribution in [2.45, 2.75) is 25.3 Å². The largest absolute Gasteiger partial charge is 0.338 e. The van der Waals surface area contributed by atoms with Gasteiger partial charge >= 0.3 is 0 Å². The predicted molar refractivity (Wildman–Crippen MR) is 98.0 cm³/mol. The van der Waals surface area contributed by atoms with Crippen LogP contribution in [0.25, 0.3) is 0 Å². The Morgan fingerprint density at radius 2 is 1.92 bits per heavy atom. The van der Waals surface area contributed by atoms with Gasteiger partial charge in [-0.05, 0) is 31.0 Å². The van der Waals surface area contributed by atoms with Gasteiger partial charge in [0.05, 0.1) is 5.92 Å². The molecule has 2 atom stereocenters. The summed E-state index contributed by atoms with van der Waals surface area (Å²) in [5.74, 6) is -0.375. The first kappa shape index (κ1) is 19.3. The molecule has 0 radical (unpaired) electrons. The van der Waals surface area contributed by atoms with Gasteiger partial charge in [-0.3, -0.25) is 9.59 Å². The highest BCUT2D eigenvalue weighted by Gasteiger charge is 2.40. The Hall–Kier alpha value is -1.01. The van der Waals surface area contributed by atoms with Crippen molar-refractivity contribution in [2.24, 2.45) is 11.7 Å². The molecule has 2 fully saturated rings. The van der Waals surface area contributed by atoms with Crippen LogP contribution in [0.3, 0.4) is 0 Å². The third kappa shape index (κ3) is 3.80. The summed E-state index contributed by atoms with van der Waals surface area (Å²) in [6, 6.07) is 5.10. The van der Waals surface area contributed by atoms with E-state index in [1.807, 2.05) is 4.90 Å². The zero-order valence-electron chi connectivity index (χ0n) is 13.1. The number of nitrogens with zero attached hydrogens (tertiary/aromatic N) is 2. The highest BCUT2D eigenvalue weighted by Crippen LogP contribution is 2.32. The van der Waals surface area contributed by atoms with Gasteiger partial charge in [-0.15, -0.1) is 12.4 Å². The van der Waals surface area contributed by atoms with Crippen molar-refractivity contribution in [3.8, 4) is 0 Å². The minimum Gasteiger partial charge on any atom is -0.338 e. The van der Waals surface area contributed by atoms with Gasteiger partial charge in [0, 0.05) is 47.8 Å². The van der Waals surface area contributed by atoms with Crippen LogP contribution in [0, 0.1) is 5.92 Å². The van der Waals surface area contributed by atoms with Crippen LogP contribution in [-0.2, 0) is 9.59 Å². The first-order chi connectivity index (χ1) is 11.0. The Bertz CT molecular complexity index is 621. The van der Waals surface area contributed by atoms with Crippen LogP contribution in [0.15, 0.2) is 18.2 Å². The molecule has 1 aromatic rings. The van der Waals surface area contributed by atoms with Crippen molar-refractivity contribution < 1.29 is 9.59 Å². The molecule has 2 saturated heterocycles. The number of benzene rings is 1. The third-order valence-corrected chi connectivity index (χ3v) is 5.00. The smallest absolute Gasteiger partial charge is 0.228 e. The maximum absolute atomic E-state index is 12.7. The fraction of sp³-hybridized carbons (Fsp3) is 0.500. The number of likely N-dealkylation sites (tertiary alicyclic amines) is 1. The molecule has 2 amide bonds. The number of hydrogen-bond acceptors (Lipinski definition) is 3. The van der Waals surface area contributed by atoms with E-state index in [1.54, 1.807) is 23.1 Å². The van der Waals surface area contributed by atoms with E-state index in [2.05, 4.69) is 0 Å². The number of rotatable bonds is 3. The Morgan fingerprint density at radius 1 is 1.25 bits per heavy atom. The molecule has 3 rings (SSSR count). The summed E-state index contributed by atoms with van der Waals surface area (Å²) in [5.41, 5.74) is 6.38. The lowest BCUT2D eigenvalue weighted by Gasteiger charge is -2.26. The normalized spacial score (nSPS) is 23.5. The van der Waals surface area contributed by atoms with Crippen molar-refractivity contribution in [2.75, 3.05) is 24.5 Å². The van der Waals surface area contributed by atoms with Crippen molar-refractivity contribution in [3.05, 3.63) is 28.2 Å². The molecule has 1 aromatic carbocycles. The molecule has 2 unspecified atom stereocenters. The summed E-state index contributed by atoms with van der Waals surface area (Å²) in [5, 5.41) is 0.940. The van der Waals surface area contributed by atoms with E-state index in [9.17, 15) is 9.59 Å². The molecule has 132 valence electrons. The van der Waals surface area contributed by atoms with Gasteiger partial charge < -0.3 is 15.5 Å². The highest BCUT2D eigenvalue weighted by atomic mass is 35.5. The average molecular weight is 393 g/mol. The SMILES string of the molecule is Cl.NCC1CCCN1C(=O)C1CC(=O)N(c2cc(Cl)cc(Cl)c2)C1. The lowest BCUT2D eigenvalue weighted by Crippen LogP contribution is -2.43. The zero-order valence-corrected chi connectivity index (χ0v) is 15.4. The zero-order chi connectivity index (χ0) is 16.6. The lowest BCUT2D eigenvalue weighted by atomic mass is 10.1. The Morgan fingerprint density at radius 3 is 2.54 bits per heavy atom. The highest BCUT2D eigenvalue weighted by molar-refractivity contribution is 6.35. The molecule has 2 N–H and O–H groups in total. The summed E-state index contributed by atoms with van der Waals surface area (Å²) < 4.78 is 0. The number of amides is 2. The molecule has 24 heavy (non-hydrogen) atoms. The van der Waals surface area contributed by atoms with Crippen LogP contribution in [0.1, 0.15) is 19.3 Å². The molecular weight excluding hydrogens is 373 g/mol. The second kappa shape index (κ2) is 7.91. The van der Waals surface area contributed by atoms with Crippen LogP contribution < -0.4 is 10.6 Å². The van der Waals surface area contributed by atoms with Crippen LogP contribution >= 0.6 is 35.6 Å². The molecule has 8 heteroatoms. The summed E-state index contributed by atoms with van der Waals surface area (Å²) in [6.45, 7) is 1.57. The van der Waals surface area contributed by atoms with Crippen molar-refractivity contribution in [1.29, 1.82) is 0 Å². The van der Waals surface area contributed by atoms with Gasteiger partial charge in [-0.1, -0.05) is 23.2 Å². The van der Waals surface area contributed by atoms with Gasteiger partial charge in [0.15, 0.2) is 0 Å². The Labute approximate surface area is 157 Å². The monoisotopic (exact) mass is 391 g/mol. The van der Waals surface area contributed by atoms with E-state index in [4.69, 9.17) is 28.9 Å². The number of carbonyl (C=O) groups excluding carboxylic acids is 2. The van der Waals surface area contributed by atoms with Crippen LogP contribution in [0.4, 0.5) is 5.69 Å². The standard InChI is InChI=1S/C16H19Cl2N3O2.ClH/c17-11-5-12(18)7-14(6-11)21-9-10(4-15(21)22)16(23)20-3-1-2-13(20)8-19;/h5-7,10,13H,1-4,8-9,19H2;1H. The number of anilines is 1. The average Bonchev–Trinajstić information content (AvgIpc) is 3.11. The molecule has 2 aliphatic rings. The minimum absolute atomic E-state index is 0. The second-order valence-corrected chi connectivity index (χ2v) is 6.97. The van der Waals surface area contributed by atoms with Gasteiger partial charge in [0.2, 0.25) is 11.8 Å². The molecule has 0 aromatic heterocycles. The fourth-order valence-electron chi connectivity index (χ4n) is 3.42. The summed E-state index contributed by atoms with van der Waals surface area (Å²) >= 11 is 12.0. The molecule has 2 heterocycles. The molecule has 0 saturated carbocycles. The van der Waals surface area contributed by atoms with E-state index < -0.39 is 0 Å². The summed E-state index contributed by atoms with van der Waals surface area (Å²) in [4.78, 5) is 28.5. The minimum atomic E-state index is -0.326. The van der Waals surface area contributed by atoms with Crippen molar-refractivity contribution in [1.82, 2.24) is 4.90 Å². The quantitative estimate of drug-likeness (QED) is 0.860. The third-order valence-electron chi connectivity index (χ3n) is 4.57. The van der Waals surface area contributed by atoms with E-state index in [-0.39, 0.29) is 42.6 Å². The van der Waals surface area contributed by atoms with E-state index in [0.717, 1.165) is 19.4 Å². The van der Waals surface area contributed by atoms with Gasteiger partial charge in [-0.2, -0.15) is 0 Å². The maximum Gasteiger partial charge on any atom is 0.228 e. The number of carbonyl (C=O) groups is 2. The number of hydrogen-bond donors (Lipinski definition) is 1.